The summed E-state index contributed by atoms with van der Waals surface area (Å²) in [5, 5.41) is 23.2. The predicted octanol–water partition coefficient (Wildman–Crippen LogP) is 5.63. The Morgan fingerprint density at radius 2 is 2.12 bits per heavy atom. The summed E-state index contributed by atoms with van der Waals surface area (Å²) in [6.45, 7) is 9.33. The predicted molar refractivity (Wildman–Crippen MR) is 129 cm³/mol. The van der Waals surface area contributed by atoms with Gasteiger partial charge in [-0.3, -0.25) is 4.79 Å². The van der Waals surface area contributed by atoms with Gasteiger partial charge in [0.05, 0.1) is 17.8 Å². The minimum Gasteiger partial charge on any atom is -0.507 e. The van der Waals surface area contributed by atoms with Crippen LogP contribution in [-0.4, -0.2) is 47.4 Å². The largest absolute Gasteiger partial charge is 0.507 e. The molecule has 0 saturated heterocycles. The SMILES string of the molecule is CCCCCc1cc2c(c(O)c1C(=O)N(C)CC1=NN=NC1)C1C=C(C)CCC1C(C)(C)O2. The molecule has 0 aromatic heterocycles. The highest BCUT2D eigenvalue weighted by Crippen LogP contribution is 2.54. The third-order valence-electron chi connectivity index (χ3n) is 7.26. The van der Waals surface area contributed by atoms with Crippen LogP contribution in [0.25, 0.3) is 0 Å². The number of aryl methyl sites for hydroxylation is 1. The maximum absolute atomic E-state index is 13.6. The van der Waals surface area contributed by atoms with Crippen molar-refractivity contribution in [3.63, 3.8) is 0 Å². The Morgan fingerprint density at radius 1 is 1.33 bits per heavy atom. The highest BCUT2D eigenvalue weighted by Gasteiger charge is 2.46. The summed E-state index contributed by atoms with van der Waals surface area (Å²) in [4.78, 5) is 15.2. The van der Waals surface area contributed by atoms with E-state index in [1.54, 1.807) is 11.9 Å². The third kappa shape index (κ3) is 4.55. The number of unbranched alkanes of at least 4 members (excludes halogenated alkanes) is 2. The van der Waals surface area contributed by atoms with Crippen LogP contribution in [0.5, 0.6) is 11.5 Å². The van der Waals surface area contributed by atoms with Crippen molar-refractivity contribution in [1.29, 1.82) is 0 Å². The molecule has 1 aliphatic carbocycles. The van der Waals surface area contributed by atoms with Crippen molar-refractivity contribution in [1.82, 2.24) is 4.90 Å². The monoisotopic (exact) mass is 452 g/mol. The van der Waals surface area contributed by atoms with Gasteiger partial charge in [-0.05, 0) is 63.3 Å². The maximum Gasteiger partial charge on any atom is 0.257 e. The molecular weight excluding hydrogens is 416 g/mol. The van der Waals surface area contributed by atoms with E-state index in [1.807, 2.05) is 6.07 Å². The van der Waals surface area contributed by atoms with Crippen LogP contribution >= 0.6 is 0 Å². The van der Waals surface area contributed by atoms with E-state index >= 15 is 0 Å². The van der Waals surface area contributed by atoms with Crippen molar-refractivity contribution in [3.8, 4) is 11.5 Å². The highest BCUT2D eigenvalue weighted by atomic mass is 16.5. The number of phenols is 1. The first-order chi connectivity index (χ1) is 15.7. The van der Waals surface area contributed by atoms with E-state index in [2.05, 4.69) is 49.2 Å². The summed E-state index contributed by atoms with van der Waals surface area (Å²) in [6.07, 6.45) is 8.14. The van der Waals surface area contributed by atoms with Crippen molar-refractivity contribution in [2.24, 2.45) is 21.4 Å². The molecule has 0 spiro atoms. The number of fused-ring (bicyclic) bond motifs is 3. The number of rotatable bonds is 7. The van der Waals surface area contributed by atoms with Crippen LogP contribution < -0.4 is 4.74 Å². The molecule has 1 amide bonds. The number of phenolic OH excluding ortho intramolecular Hbond substituents is 1. The van der Waals surface area contributed by atoms with Crippen LogP contribution in [-0.2, 0) is 6.42 Å². The molecule has 7 heteroatoms. The van der Waals surface area contributed by atoms with Crippen molar-refractivity contribution in [3.05, 3.63) is 34.4 Å². The van der Waals surface area contributed by atoms with Crippen LogP contribution in [0.2, 0.25) is 0 Å². The smallest absolute Gasteiger partial charge is 0.257 e. The van der Waals surface area contributed by atoms with Gasteiger partial charge in [0.15, 0.2) is 0 Å². The number of nitrogens with zero attached hydrogens (tertiary/aromatic N) is 4. The van der Waals surface area contributed by atoms with E-state index in [1.165, 1.54) is 5.57 Å². The number of ether oxygens (including phenoxy) is 1. The summed E-state index contributed by atoms with van der Waals surface area (Å²) in [5.41, 5.74) is 3.74. The fourth-order valence-corrected chi connectivity index (χ4v) is 5.47. The van der Waals surface area contributed by atoms with Gasteiger partial charge in [0.1, 0.15) is 23.6 Å². The van der Waals surface area contributed by atoms with Gasteiger partial charge in [-0.2, -0.15) is 5.11 Å². The number of carbonyl (C=O) groups is 1. The number of benzene rings is 1. The molecule has 2 aliphatic heterocycles. The zero-order chi connectivity index (χ0) is 23.8. The molecule has 1 aromatic carbocycles. The van der Waals surface area contributed by atoms with Gasteiger partial charge < -0.3 is 14.7 Å². The lowest BCUT2D eigenvalue weighted by molar-refractivity contribution is 0.0106. The lowest BCUT2D eigenvalue weighted by Crippen LogP contribution is -2.45. The second-order valence-electron chi connectivity index (χ2n) is 10.2. The van der Waals surface area contributed by atoms with Gasteiger partial charge in [0.25, 0.3) is 5.91 Å². The Hall–Kier alpha value is -2.70. The molecule has 33 heavy (non-hydrogen) atoms. The lowest BCUT2D eigenvalue weighted by atomic mass is 9.67. The van der Waals surface area contributed by atoms with Gasteiger partial charge in [-0.1, -0.05) is 31.4 Å². The van der Waals surface area contributed by atoms with Gasteiger partial charge in [0, 0.05) is 24.4 Å². The summed E-state index contributed by atoms with van der Waals surface area (Å²) in [7, 11) is 1.74. The molecular formula is C26H36N4O3. The van der Waals surface area contributed by atoms with E-state index in [9.17, 15) is 9.90 Å². The van der Waals surface area contributed by atoms with Crippen LogP contribution in [0.3, 0.4) is 0 Å². The van der Waals surface area contributed by atoms with Gasteiger partial charge >= 0.3 is 0 Å². The van der Waals surface area contributed by atoms with Gasteiger partial charge in [-0.25, -0.2) is 0 Å². The van der Waals surface area contributed by atoms with Crippen LogP contribution in [0, 0.1) is 5.92 Å². The zero-order valence-corrected chi connectivity index (χ0v) is 20.5. The Kier molecular flexibility index (Phi) is 6.59. The number of aromatic hydroxyl groups is 1. The Bertz CT molecular complexity index is 1020. The molecule has 7 nitrogen and oxygen atoms in total. The molecule has 1 aromatic rings. The minimum atomic E-state index is -0.335. The first-order valence-electron chi connectivity index (χ1n) is 12.2. The molecule has 0 bridgehead atoms. The normalized spacial score (nSPS) is 22.7. The summed E-state index contributed by atoms with van der Waals surface area (Å²) < 4.78 is 6.50. The number of hydrogen-bond donors (Lipinski definition) is 1. The Balaban J connectivity index is 1.79. The summed E-state index contributed by atoms with van der Waals surface area (Å²) in [6, 6.07) is 2.01. The van der Waals surface area contributed by atoms with E-state index in [0.717, 1.165) is 55.4 Å². The first kappa shape index (κ1) is 23.5. The zero-order valence-electron chi connectivity index (χ0n) is 20.5. The molecule has 178 valence electrons. The third-order valence-corrected chi connectivity index (χ3v) is 7.26. The first-order valence-corrected chi connectivity index (χ1v) is 12.2. The van der Waals surface area contributed by atoms with E-state index < -0.39 is 0 Å². The molecule has 2 heterocycles. The summed E-state index contributed by atoms with van der Waals surface area (Å²) in [5.74, 6) is 0.885. The van der Waals surface area contributed by atoms with Crippen molar-refractivity contribution >= 4 is 11.6 Å². The van der Waals surface area contributed by atoms with Crippen molar-refractivity contribution < 1.29 is 14.6 Å². The Morgan fingerprint density at radius 3 is 2.82 bits per heavy atom. The van der Waals surface area contributed by atoms with Crippen molar-refractivity contribution in [2.45, 2.75) is 77.7 Å². The number of amides is 1. The van der Waals surface area contributed by atoms with Gasteiger partial charge in [0.2, 0.25) is 0 Å². The molecule has 1 N–H and O–H groups in total. The Labute approximate surface area is 196 Å². The maximum atomic E-state index is 13.6. The van der Waals surface area contributed by atoms with E-state index in [-0.39, 0.29) is 29.1 Å². The average molecular weight is 453 g/mol. The van der Waals surface area contributed by atoms with Crippen molar-refractivity contribution in [2.75, 3.05) is 20.1 Å². The number of carbonyl (C=O) groups excluding carboxylic acids is 1. The molecule has 0 radical (unpaired) electrons. The average Bonchev–Trinajstić information content (AvgIpc) is 3.25. The molecule has 3 aliphatic rings. The fraction of sp³-hybridized carbons (Fsp3) is 0.615. The lowest BCUT2D eigenvalue weighted by Gasteiger charge is -2.46. The topological polar surface area (TPSA) is 86.8 Å². The van der Waals surface area contributed by atoms with E-state index in [4.69, 9.17) is 4.74 Å². The second-order valence-corrected chi connectivity index (χ2v) is 10.2. The molecule has 0 saturated carbocycles. The standard InChI is InChI=1S/C26H36N4O3/c1-6-7-8-9-17-13-21-23(19-12-16(2)10-11-20(19)26(3,4)33-21)24(31)22(17)25(32)30(5)15-18-14-27-29-28-18/h12-13,19-20,31H,6-11,14-15H2,1-5H3. The molecule has 2 unspecified atom stereocenters. The van der Waals surface area contributed by atoms with Gasteiger partial charge in [-0.15, -0.1) is 5.10 Å². The molecule has 2 atom stereocenters. The highest BCUT2D eigenvalue weighted by molar-refractivity contribution is 6.02. The molecule has 0 fully saturated rings. The summed E-state index contributed by atoms with van der Waals surface area (Å²) >= 11 is 0. The van der Waals surface area contributed by atoms with E-state index in [0.29, 0.717) is 24.4 Å². The minimum absolute atomic E-state index is 0.0378. The fourth-order valence-electron chi connectivity index (χ4n) is 5.47. The molecule has 4 rings (SSSR count). The van der Waals surface area contributed by atoms with Crippen LogP contribution in [0.4, 0.5) is 0 Å². The van der Waals surface area contributed by atoms with Crippen LogP contribution in [0.1, 0.15) is 87.2 Å². The van der Waals surface area contributed by atoms with Crippen LogP contribution in [0.15, 0.2) is 33.2 Å². The second kappa shape index (κ2) is 9.27. The quantitative estimate of drug-likeness (QED) is 0.430. The number of allylic oxidation sites excluding steroid dienone is 2. The number of hydrogen-bond acceptors (Lipinski definition) is 6.